The number of anilines is 2. The van der Waals surface area contributed by atoms with Gasteiger partial charge in [-0.25, -0.2) is 4.98 Å². The summed E-state index contributed by atoms with van der Waals surface area (Å²) in [6, 6.07) is 17.0. The van der Waals surface area contributed by atoms with Gasteiger partial charge in [-0.2, -0.15) is 0 Å². The summed E-state index contributed by atoms with van der Waals surface area (Å²) in [6.45, 7) is 2.02. The third-order valence-electron chi connectivity index (χ3n) is 6.86. The monoisotopic (exact) mass is 489 g/mol. The molecule has 7 rings (SSSR count). The minimum absolute atomic E-state index is 0.290. The van der Waals surface area contributed by atoms with Crippen LogP contribution in [0.25, 0.3) is 22.0 Å². The van der Waals surface area contributed by atoms with Crippen LogP contribution in [0.15, 0.2) is 54.6 Å². The molecule has 3 aliphatic rings. The van der Waals surface area contributed by atoms with E-state index in [4.69, 9.17) is 21.3 Å². The molecule has 1 spiro atoms. The lowest BCUT2D eigenvalue weighted by molar-refractivity contribution is -0.136. The van der Waals surface area contributed by atoms with Gasteiger partial charge in [0.15, 0.2) is 10.7 Å². The number of aryl methyl sites for hydroxylation is 1. The summed E-state index contributed by atoms with van der Waals surface area (Å²) in [4.78, 5) is 32.8. The zero-order chi connectivity index (χ0) is 23.4. The molecule has 2 N–H and O–H groups in total. The molecule has 168 valence electrons. The van der Waals surface area contributed by atoms with E-state index in [2.05, 4.69) is 5.32 Å². The van der Waals surface area contributed by atoms with Crippen molar-refractivity contribution in [3.05, 3.63) is 70.6 Å². The first-order chi connectivity index (χ1) is 16.4. The van der Waals surface area contributed by atoms with E-state index in [9.17, 15) is 14.7 Å². The van der Waals surface area contributed by atoms with Crippen LogP contribution in [0.1, 0.15) is 22.3 Å². The van der Waals surface area contributed by atoms with Crippen LogP contribution in [0, 0.1) is 6.92 Å². The number of alkyl halides is 1. The Kier molecular flexibility index (Phi) is 3.85. The number of halogens is 1. The van der Waals surface area contributed by atoms with E-state index in [0.717, 1.165) is 33.2 Å². The van der Waals surface area contributed by atoms with Crippen LogP contribution < -0.4 is 15.0 Å². The standard InChI is InChI=1S/C25H16ClN3O4S/c1-11-5-4-6-13-12(11)9-10-14-17-19(22(31)33-18(13)14)34-24(28-17)29-21(30)20(26)25(29)15-7-2-3-8-16(15)27-23(25)32/h2-10,20,22,31H,1H3,(H,27,32). The summed E-state index contributed by atoms with van der Waals surface area (Å²) in [5.74, 6) is -0.244. The summed E-state index contributed by atoms with van der Waals surface area (Å²) in [5.41, 5.74) is 2.21. The Balaban J connectivity index is 1.42. The second kappa shape index (κ2) is 6.56. The van der Waals surface area contributed by atoms with Crippen LogP contribution in [0.3, 0.4) is 0 Å². The van der Waals surface area contributed by atoms with Crippen molar-refractivity contribution < 1.29 is 19.4 Å². The van der Waals surface area contributed by atoms with Crippen molar-refractivity contribution in [3.63, 3.8) is 0 Å². The zero-order valence-corrected chi connectivity index (χ0v) is 19.3. The van der Waals surface area contributed by atoms with E-state index in [1.165, 1.54) is 4.90 Å². The maximum Gasteiger partial charge on any atom is 0.257 e. The smallest absolute Gasteiger partial charge is 0.257 e. The predicted molar refractivity (Wildman–Crippen MR) is 129 cm³/mol. The van der Waals surface area contributed by atoms with Crippen LogP contribution in [-0.4, -0.2) is 27.3 Å². The lowest BCUT2D eigenvalue weighted by Crippen LogP contribution is -2.73. The van der Waals surface area contributed by atoms with Gasteiger partial charge in [-0.05, 0) is 30.0 Å². The molecular formula is C25H16ClN3O4S. The van der Waals surface area contributed by atoms with Gasteiger partial charge in [0.25, 0.3) is 11.8 Å². The highest BCUT2D eigenvalue weighted by Gasteiger charge is 2.70. The number of nitrogens with zero attached hydrogens (tertiary/aromatic N) is 2. The maximum atomic E-state index is 13.2. The number of amides is 2. The van der Waals surface area contributed by atoms with Crippen LogP contribution in [0.4, 0.5) is 10.8 Å². The van der Waals surface area contributed by atoms with Crippen molar-refractivity contribution in [2.45, 2.75) is 24.1 Å². The number of rotatable bonds is 1. The number of thiazole rings is 1. The number of benzene rings is 3. The molecule has 1 saturated heterocycles. The molecule has 3 aliphatic heterocycles. The van der Waals surface area contributed by atoms with Gasteiger partial charge in [-0.15, -0.1) is 11.6 Å². The van der Waals surface area contributed by atoms with Crippen LogP contribution >= 0.6 is 22.9 Å². The van der Waals surface area contributed by atoms with E-state index >= 15 is 0 Å². The molecule has 9 heteroatoms. The molecule has 2 amide bonds. The van der Waals surface area contributed by atoms with Crippen LogP contribution in [0.2, 0.25) is 0 Å². The quantitative estimate of drug-likeness (QED) is 0.304. The van der Waals surface area contributed by atoms with Gasteiger partial charge in [0.1, 0.15) is 16.0 Å². The number of β-lactam (4-membered cyclic amide) rings is 1. The lowest BCUT2D eigenvalue weighted by Gasteiger charge is -2.49. The van der Waals surface area contributed by atoms with Crippen molar-refractivity contribution in [1.29, 1.82) is 0 Å². The Morgan fingerprint density at radius 3 is 2.79 bits per heavy atom. The number of carbonyl (C=O) groups excluding carboxylic acids is 2. The van der Waals surface area contributed by atoms with Gasteiger partial charge in [0, 0.05) is 22.2 Å². The predicted octanol–water partition coefficient (Wildman–Crippen LogP) is 4.46. The Labute approximate surface area is 202 Å². The second-order valence-corrected chi connectivity index (χ2v) is 10.0. The van der Waals surface area contributed by atoms with Crippen molar-refractivity contribution in [2.24, 2.45) is 0 Å². The molecule has 0 saturated carbocycles. The molecule has 4 aromatic rings. The van der Waals surface area contributed by atoms with E-state index < -0.39 is 23.1 Å². The van der Waals surface area contributed by atoms with E-state index in [1.807, 2.05) is 43.3 Å². The highest BCUT2D eigenvalue weighted by molar-refractivity contribution is 7.16. The first kappa shape index (κ1) is 20.0. The molecule has 3 atom stereocenters. The number of aromatic nitrogens is 1. The fourth-order valence-corrected chi connectivity index (χ4v) is 6.71. The molecule has 3 unspecified atom stereocenters. The van der Waals surface area contributed by atoms with Gasteiger partial charge in [-0.3, -0.25) is 14.5 Å². The Morgan fingerprint density at radius 1 is 1.12 bits per heavy atom. The molecule has 3 aromatic carbocycles. The topological polar surface area (TPSA) is 91.8 Å². The number of fused-ring (bicyclic) bond motifs is 7. The molecule has 0 aliphatic carbocycles. The fraction of sp³-hybridized carbons (Fsp3) is 0.160. The SMILES string of the molecule is Cc1cccc2c3c(ccc12)-c1nc(N2C(=O)C(Cl)C24C(=O)Nc2ccccc24)sc1C(O)O3. The van der Waals surface area contributed by atoms with Crippen LogP contribution in [0.5, 0.6) is 5.75 Å². The molecule has 0 bridgehead atoms. The van der Waals surface area contributed by atoms with Crippen LogP contribution in [-0.2, 0) is 15.1 Å². The Bertz CT molecular complexity index is 1580. The maximum absolute atomic E-state index is 13.2. The molecule has 34 heavy (non-hydrogen) atoms. The summed E-state index contributed by atoms with van der Waals surface area (Å²) in [5, 5.41) is 14.8. The first-order valence-electron chi connectivity index (χ1n) is 10.7. The number of ether oxygens (including phenoxy) is 1. The Morgan fingerprint density at radius 2 is 1.94 bits per heavy atom. The normalized spacial score (nSPS) is 24.4. The number of aliphatic hydroxyl groups excluding tert-OH is 1. The van der Waals surface area contributed by atoms with E-state index in [-0.39, 0.29) is 5.91 Å². The summed E-state index contributed by atoms with van der Waals surface area (Å²) < 4.78 is 5.93. The summed E-state index contributed by atoms with van der Waals surface area (Å²) in [7, 11) is 0. The minimum Gasteiger partial charge on any atom is -0.458 e. The van der Waals surface area contributed by atoms with Gasteiger partial charge in [-0.1, -0.05) is 53.8 Å². The second-order valence-electron chi connectivity index (χ2n) is 8.59. The minimum atomic E-state index is -1.38. The van der Waals surface area contributed by atoms with Gasteiger partial charge >= 0.3 is 0 Å². The first-order valence-corrected chi connectivity index (χ1v) is 12.0. The summed E-state index contributed by atoms with van der Waals surface area (Å²) in [6.07, 6.45) is -1.25. The Hall–Kier alpha value is -3.46. The van der Waals surface area contributed by atoms with Crippen molar-refractivity contribution >= 4 is 56.3 Å². The number of carbonyl (C=O) groups is 2. The highest BCUT2D eigenvalue weighted by atomic mass is 35.5. The number of aliphatic hydroxyl groups is 1. The average Bonchev–Trinajstić information content (AvgIpc) is 3.40. The van der Waals surface area contributed by atoms with Crippen molar-refractivity contribution in [1.82, 2.24) is 4.98 Å². The van der Waals surface area contributed by atoms with Crippen molar-refractivity contribution in [3.8, 4) is 17.0 Å². The van der Waals surface area contributed by atoms with Gasteiger partial charge in [0.05, 0.1) is 5.69 Å². The van der Waals surface area contributed by atoms with Gasteiger partial charge < -0.3 is 15.2 Å². The number of para-hydroxylation sites is 1. The molecule has 4 heterocycles. The lowest BCUT2D eigenvalue weighted by atomic mass is 9.78. The summed E-state index contributed by atoms with van der Waals surface area (Å²) >= 11 is 7.62. The highest BCUT2D eigenvalue weighted by Crippen LogP contribution is 2.56. The third-order valence-corrected chi connectivity index (χ3v) is 8.43. The molecule has 1 fully saturated rings. The molecular weight excluding hydrogens is 474 g/mol. The molecule has 1 aromatic heterocycles. The van der Waals surface area contributed by atoms with Gasteiger partial charge in [0.2, 0.25) is 6.29 Å². The largest absolute Gasteiger partial charge is 0.458 e. The van der Waals surface area contributed by atoms with E-state index in [0.29, 0.717) is 32.7 Å². The number of hydrogen-bond donors (Lipinski definition) is 2. The zero-order valence-electron chi connectivity index (χ0n) is 17.7. The van der Waals surface area contributed by atoms with E-state index in [1.54, 1.807) is 18.2 Å². The number of hydrogen-bond acceptors (Lipinski definition) is 6. The molecule has 0 radical (unpaired) electrons. The van der Waals surface area contributed by atoms with Crippen molar-refractivity contribution in [2.75, 3.05) is 10.2 Å². The third kappa shape index (κ3) is 2.23. The number of nitrogens with one attached hydrogen (secondary N) is 1. The molecule has 7 nitrogen and oxygen atoms in total. The fourth-order valence-electron chi connectivity index (χ4n) is 5.24. The average molecular weight is 490 g/mol.